The molecule has 4 aromatic rings. The molecule has 8 heteroatoms. The molecule has 1 aromatic heterocycles. The summed E-state index contributed by atoms with van der Waals surface area (Å²) in [6, 6.07) is 5.12. The Morgan fingerprint density at radius 1 is 0.741 bits per heavy atom. The van der Waals surface area contributed by atoms with Crippen molar-refractivity contribution in [1.82, 2.24) is 4.98 Å². The Morgan fingerprint density at radius 2 is 1.44 bits per heavy atom. The van der Waals surface area contributed by atoms with Gasteiger partial charge in [0.25, 0.3) is 0 Å². The van der Waals surface area contributed by atoms with Crippen LogP contribution in [-0.4, -0.2) is 35.6 Å². The van der Waals surface area contributed by atoms with Crippen molar-refractivity contribution in [2.75, 3.05) is 0 Å². The highest BCUT2D eigenvalue weighted by molar-refractivity contribution is 6.36. The molecule has 0 amide bonds. The van der Waals surface area contributed by atoms with Gasteiger partial charge in [0.1, 0.15) is 0 Å². The molecule has 0 atom stereocenters. The Bertz CT molecular complexity index is 1320. The summed E-state index contributed by atoms with van der Waals surface area (Å²) in [5.74, 6) is -3.78. The average molecular weight is 386 g/mol. The van der Waals surface area contributed by atoms with Crippen molar-refractivity contribution in [1.29, 1.82) is 0 Å². The summed E-state index contributed by atoms with van der Waals surface area (Å²) in [5, 5.41) is 62.5. The maximum absolute atomic E-state index is 10.5. The van der Waals surface area contributed by atoms with E-state index in [4.69, 9.17) is 11.6 Å². The summed E-state index contributed by atoms with van der Waals surface area (Å²) in [5.41, 5.74) is 2.01. The number of halogens is 1. The molecule has 0 saturated heterocycles. The lowest BCUT2D eigenvalue weighted by atomic mass is 9.94. The number of aromatic amines is 1. The molecule has 1 heterocycles. The van der Waals surface area contributed by atoms with Gasteiger partial charge in [-0.05, 0) is 17.2 Å². The van der Waals surface area contributed by atoms with Crippen molar-refractivity contribution >= 4 is 33.4 Å². The highest BCUT2D eigenvalue weighted by Crippen LogP contribution is 2.57. The standard InChI is InChI=1S/C19H12ClNO6/c20-12-6-4-7-9(15(23)19(27)18(26)14(7)22)5-2-1-3-8-10(5)11(6)13(21-8)17(25)16(12)24/h1-3,21-27H,4H2. The number of rotatable bonds is 0. The van der Waals surface area contributed by atoms with E-state index < -0.39 is 34.5 Å². The van der Waals surface area contributed by atoms with E-state index in [1.807, 2.05) is 0 Å². The van der Waals surface area contributed by atoms with Crippen LogP contribution >= 0.6 is 11.6 Å². The number of phenols is 6. The molecule has 3 aromatic carbocycles. The monoisotopic (exact) mass is 385 g/mol. The molecule has 0 spiro atoms. The largest absolute Gasteiger partial charge is 0.504 e. The van der Waals surface area contributed by atoms with Crippen LogP contribution in [0, 0.1) is 0 Å². The number of hydrogen-bond donors (Lipinski definition) is 7. The smallest absolute Gasteiger partial charge is 0.204 e. The van der Waals surface area contributed by atoms with Gasteiger partial charge in [0.15, 0.2) is 23.0 Å². The van der Waals surface area contributed by atoms with E-state index in [9.17, 15) is 30.6 Å². The predicted octanol–water partition coefficient (Wildman–Crippen LogP) is 3.78. The first-order valence-electron chi connectivity index (χ1n) is 7.98. The Balaban J connectivity index is 2.12. The van der Waals surface area contributed by atoms with Gasteiger partial charge in [-0.15, -0.1) is 0 Å². The van der Waals surface area contributed by atoms with Gasteiger partial charge < -0.3 is 35.6 Å². The van der Waals surface area contributed by atoms with Crippen LogP contribution in [0.15, 0.2) is 18.2 Å². The van der Waals surface area contributed by atoms with Gasteiger partial charge in [-0.3, -0.25) is 0 Å². The Hall–Kier alpha value is -3.45. The third kappa shape index (κ3) is 1.71. The molecule has 0 radical (unpaired) electrons. The van der Waals surface area contributed by atoms with Crippen LogP contribution in [0.3, 0.4) is 0 Å². The lowest BCUT2D eigenvalue weighted by Crippen LogP contribution is -1.95. The van der Waals surface area contributed by atoms with Gasteiger partial charge in [0.05, 0.1) is 10.5 Å². The van der Waals surface area contributed by atoms with E-state index >= 15 is 0 Å². The number of aromatic hydroxyl groups is 6. The zero-order chi connectivity index (χ0) is 19.2. The fourth-order valence-electron chi connectivity index (χ4n) is 3.96. The summed E-state index contributed by atoms with van der Waals surface area (Å²) >= 11 is 6.29. The van der Waals surface area contributed by atoms with Crippen LogP contribution in [0.4, 0.5) is 0 Å². The van der Waals surface area contributed by atoms with E-state index in [2.05, 4.69) is 4.98 Å². The van der Waals surface area contributed by atoms with E-state index in [0.717, 1.165) is 0 Å². The predicted molar refractivity (Wildman–Crippen MR) is 99.0 cm³/mol. The summed E-state index contributed by atoms with van der Waals surface area (Å²) in [7, 11) is 0. The van der Waals surface area contributed by atoms with Gasteiger partial charge in [-0.2, -0.15) is 0 Å². The quantitative estimate of drug-likeness (QED) is 0.160. The minimum atomic E-state index is -0.845. The van der Waals surface area contributed by atoms with Gasteiger partial charge in [-0.1, -0.05) is 23.7 Å². The van der Waals surface area contributed by atoms with E-state index in [1.165, 1.54) is 0 Å². The van der Waals surface area contributed by atoms with Crippen molar-refractivity contribution in [3.63, 3.8) is 0 Å². The maximum atomic E-state index is 10.5. The van der Waals surface area contributed by atoms with Gasteiger partial charge in [-0.25, -0.2) is 0 Å². The molecule has 7 nitrogen and oxygen atoms in total. The van der Waals surface area contributed by atoms with Crippen molar-refractivity contribution in [2.24, 2.45) is 0 Å². The number of phenolic OH excluding ortho intramolecular Hbond substituents is 6. The molecule has 5 rings (SSSR count). The molecule has 136 valence electrons. The number of nitrogens with one attached hydrogen (secondary N) is 1. The molecular formula is C19H12ClNO6. The molecule has 7 N–H and O–H groups in total. The maximum Gasteiger partial charge on any atom is 0.204 e. The fourth-order valence-corrected chi connectivity index (χ4v) is 4.21. The zero-order valence-electron chi connectivity index (χ0n) is 13.5. The van der Waals surface area contributed by atoms with Crippen LogP contribution in [0.2, 0.25) is 5.02 Å². The second kappa shape index (κ2) is 4.83. The molecular weight excluding hydrogens is 374 g/mol. The van der Waals surface area contributed by atoms with E-state index in [1.54, 1.807) is 18.2 Å². The summed E-state index contributed by atoms with van der Waals surface area (Å²) in [4.78, 5) is 3.03. The van der Waals surface area contributed by atoms with Gasteiger partial charge in [0, 0.05) is 33.8 Å². The molecule has 0 bridgehead atoms. The molecule has 1 aliphatic carbocycles. The minimum absolute atomic E-state index is 0.0621. The van der Waals surface area contributed by atoms with Crippen LogP contribution in [0.25, 0.3) is 32.9 Å². The highest BCUT2D eigenvalue weighted by atomic mass is 35.5. The second-order valence-corrected chi connectivity index (χ2v) is 6.90. The van der Waals surface area contributed by atoms with Crippen LogP contribution < -0.4 is 0 Å². The number of H-pyrrole nitrogens is 1. The third-order valence-electron chi connectivity index (χ3n) is 5.18. The third-order valence-corrected chi connectivity index (χ3v) is 5.59. The zero-order valence-corrected chi connectivity index (χ0v) is 14.3. The molecule has 0 unspecified atom stereocenters. The lowest BCUT2D eigenvalue weighted by molar-refractivity contribution is 0.345. The minimum Gasteiger partial charge on any atom is -0.504 e. The molecule has 1 aliphatic rings. The first-order valence-corrected chi connectivity index (χ1v) is 8.36. The van der Waals surface area contributed by atoms with Crippen LogP contribution in [0.5, 0.6) is 34.5 Å². The number of hydrogen-bond acceptors (Lipinski definition) is 6. The van der Waals surface area contributed by atoms with Gasteiger partial charge in [0.2, 0.25) is 11.5 Å². The summed E-state index contributed by atoms with van der Waals surface area (Å²) in [6.07, 6.45) is -0.0621. The molecule has 27 heavy (non-hydrogen) atoms. The van der Waals surface area contributed by atoms with E-state index in [0.29, 0.717) is 27.4 Å². The number of benzene rings is 3. The van der Waals surface area contributed by atoms with Crippen molar-refractivity contribution in [3.8, 4) is 45.6 Å². The normalized spacial score (nSPS) is 12.6. The second-order valence-electron chi connectivity index (χ2n) is 6.52. The first-order chi connectivity index (χ1) is 12.8. The summed E-state index contributed by atoms with van der Waals surface area (Å²) in [6.45, 7) is 0. The van der Waals surface area contributed by atoms with Crippen molar-refractivity contribution < 1.29 is 30.6 Å². The topological polar surface area (TPSA) is 137 Å². The lowest BCUT2D eigenvalue weighted by Gasteiger charge is -2.16. The Labute approximate surface area is 155 Å². The molecule has 0 aliphatic heterocycles. The van der Waals surface area contributed by atoms with E-state index in [-0.39, 0.29) is 28.1 Å². The Morgan fingerprint density at radius 3 is 2.19 bits per heavy atom. The fraction of sp³-hybridized carbons (Fsp3) is 0.0526. The highest BCUT2D eigenvalue weighted by Gasteiger charge is 2.32. The summed E-state index contributed by atoms with van der Waals surface area (Å²) < 4.78 is 0. The number of aromatic nitrogens is 1. The molecule has 0 fully saturated rings. The van der Waals surface area contributed by atoms with Crippen LogP contribution in [0.1, 0.15) is 11.1 Å². The average Bonchev–Trinajstić information content (AvgIpc) is 2.97. The SMILES string of the molecule is Oc1c(O)c(O)c2c(c1O)Cc1c(Cl)c(O)c(O)c3[nH]c4cccc-2c4c13. The number of fused-ring (bicyclic) bond motifs is 2. The van der Waals surface area contributed by atoms with Crippen molar-refractivity contribution in [2.45, 2.75) is 6.42 Å². The Kier molecular flexibility index (Phi) is 2.82. The van der Waals surface area contributed by atoms with Crippen LogP contribution in [-0.2, 0) is 6.42 Å². The van der Waals surface area contributed by atoms with Crippen molar-refractivity contribution in [3.05, 3.63) is 34.3 Å². The first kappa shape index (κ1) is 15.8. The molecule has 0 saturated carbocycles. The van der Waals surface area contributed by atoms with Gasteiger partial charge >= 0.3 is 0 Å².